The summed E-state index contributed by atoms with van der Waals surface area (Å²) >= 11 is 0. The summed E-state index contributed by atoms with van der Waals surface area (Å²) in [6.45, 7) is 2.23. The Morgan fingerprint density at radius 1 is 1.11 bits per heavy atom. The second-order valence-corrected chi connectivity index (χ2v) is 6.69. The van der Waals surface area contributed by atoms with Crippen LogP contribution in [-0.2, 0) is 14.3 Å². The van der Waals surface area contributed by atoms with Crippen molar-refractivity contribution < 1.29 is 28.7 Å². The topological polar surface area (TPSA) is 123 Å². The molecule has 0 aliphatic carbocycles. The van der Waals surface area contributed by atoms with Crippen LogP contribution >= 0.6 is 0 Å². The average Bonchev–Trinajstić information content (AvgIpc) is 2.95. The predicted molar refractivity (Wildman–Crippen MR) is 91.5 cm³/mol. The van der Waals surface area contributed by atoms with Gasteiger partial charge in [0.2, 0.25) is 11.8 Å². The lowest BCUT2D eigenvalue weighted by Gasteiger charge is -2.27. The Labute approximate surface area is 154 Å². The summed E-state index contributed by atoms with van der Waals surface area (Å²) in [5.74, 6) is -2.30. The molecule has 2 unspecified atom stereocenters. The molecule has 4 rings (SSSR count). The molecule has 0 radical (unpaired) electrons. The standard InChI is InChI=1S/C18H19N3O6/c22-13-4-2-10(16(23)20-13)14-12(27-8-9-7-19-5-6-26-9)3-1-11-15(14)18(25)21-17(11)24/h1,3,9-10,19H,2,4-8H2,(H,20,22,23)(H,21,24,25). The number of piperidine rings is 1. The number of ether oxygens (including phenoxy) is 2. The van der Waals surface area contributed by atoms with E-state index in [0.717, 1.165) is 6.54 Å². The Morgan fingerprint density at radius 2 is 1.96 bits per heavy atom. The van der Waals surface area contributed by atoms with E-state index in [1.807, 2.05) is 0 Å². The summed E-state index contributed by atoms with van der Waals surface area (Å²) in [6.07, 6.45) is 0.252. The zero-order valence-corrected chi connectivity index (χ0v) is 14.5. The maximum absolute atomic E-state index is 12.4. The molecule has 9 heteroatoms. The molecule has 4 amide bonds. The summed E-state index contributed by atoms with van der Waals surface area (Å²) in [4.78, 5) is 48.3. The van der Waals surface area contributed by atoms with Gasteiger partial charge < -0.3 is 14.8 Å². The van der Waals surface area contributed by atoms with Gasteiger partial charge in [0.15, 0.2) is 0 Å². The van der Waals surface area contributed by atoms with E-state index in [1.54, 1.807) is 6.07 Å². The molecule has 3 heterocycles. The number of amides is 4. The first-order chi connectivity index (χ1) is 13.0. The van der Waals surface area contributed by atoms with Gasteiger partial charge in [-0.3, -0.25) is 29.8 Å². The molecule has 142 valence electrons. The molecule has 3 N–H and O–H groups in total. The number of carbonyl (C=O) groups excluding carboxylic acids is 4. The Bertz CT molecular complexity index is 831. The molecule has 0 aromatic heterocycles. The number of fused-ring (bicyclic) bond motifs is 1. The van der Waals surface area contributed by atoms with Crippen LogP contribution in [0.2, 0.25) is 0 Å². The molecular formula is C18H19N3O6. The van der Waals surface area contributed by atoms with Gasteiger partial charge in [-0.1, -0.05) is 0 Å². The van der Waals surface area contributed by atoms with E-state index in [1.165, 1.54) is 6.07 Å². The lowest BCUT2D eigenvalue weighted by molar-refractivity contribution is -0.134. The first-order valence-electron chi connectivity index (χ1n) is 8.86. The number of morpholine rings is 1. The van der Waals surface area contributed by atoms with Crippen molar-refractivity contribution >= 4 is 23.6 Å². The van der Waals surface area contributed by atoms with Crippen molar-refractivity contribution in [2.45, 2.75) is 24.9 Å². The highest BCUT2D eigenvalue weighted by molar-refractivity contribution is 6.23. The van der Waals surface area contributed by atoms with Crippen LogP contribution in [-0.4, -0.2) is 56.0 Å². The normalized spacial score (nSPS) is 25.0. The van der Waals surface area contributed by atoms with E-state index < -0.39 is 23.6 Å². The van der Waals surface area contributed by atoms with Crippen molar-refractivity contribution in [3.8, 4) is 5.75 Å². The van der Waals surface area contributed by atoms with Gasteiger partial charge in [0.25, 0.3) is 11.8 Å². The third kappa shape index (κ3) is 3.31. The van der Waals surface area contributed by atoms with Gasteiger partial charge >= 0.3 is 0 Å². The second kappa shape index (κ2) is 7.09. The van der Waals surface area contributed by atoms with E-state index in [9.17, 15) is 19.2 Å². The molecule has 2 saturated heterocycles. The maximum Gasteiger partial charge on any atom is 0.259 e. The van der Waals surface area contributed by atoms with Gasteiger partial charge in [-0.15, -0.1) is 0 Å². The average molecular weight is 373 g/mol. The van der Waals surface area contributed by atoms with Crippen molar-refractivity contribution in [1.82, 2.24) is 16.0 Å². The molecule has 27 heavy (non-hydrogen) atoms. The lowest BCUT2D eigenvalue weighted by atomic mass is 9.85. The van der Waals surface area contributed by atoms with Gasteiger partial charge in [-0.25, -0.2) is 0 Å². The number of benzene rings is 1. The van der Waals surface area contributed by atoms with E-state index >= 15 is 0 Å². The van der Waals surface area contributed by atoms with E-state index in [-0.39, 0.29) is 42.6 Å². The highest BCUT2D eigenvalue weighted by Gasteiger charge is 2.39. The molecule has 2 fully saturated rings. The third-order valence-electron chi connectivity index (χ3n) is 4.92. The predicted octanol–water partition coefficient (Wildman–Crippen LogP) is -0.542. The lowest BCUT2D eigenvalue weighted by Crippen LogP contribution is -2.42. The molecule has 2 atom stereocenters. The molecule has 1 aromatic rings. The van der Waals surface area contributed by atoms with Crippen molar-refractivity contribution in [2.75, 3.05) is 26.3 Å². The first-order valence-corrected chi connectivity index (χ1v) is 8.86. The number of carbonyl (C=O) groups is 4. The molecule has 9 nitrogen and oxygen atoms in total. The summed E-state index contributed by atoms with van der Waals surface area (Å²) in [5, 5.41) is 7.74. The molecule has 0 bridgehead atoms. The van der Waals surface area contributed by atoms with E-state index in [2.05, 4.69) is 16.0 Å². The minimum Gasteiger partial charge on any atom is -0.490 e. The molecule has 3 aliphatic heterocycles. The first kappa shape index (κ1) is 17.6. The number of hydrogen-bond donors (Lipinski definition) is 3. The molecule has 0 saturated carbocycles. The number of rotatable bonds is 4. The summed E-state index contributed by atoms with van der Waals surface area (Å²) in [5.41, 5.74) is 0.710. The fourth-order valence-corrected chi connectivity index (χ4v) is 3.62. The highest BCUT2D eigenvalue weighted by Crippen LogP contribution is 2.38. The number of nitrogens with one attached hydrogen (secondary N) is 3. The monoisotopic (exact) mass is 373 g/mol. The van der Waals surface area contributed by atoms with Crippen molar-refractivity contribution in [3.63, 3.8) is 0 Å². The smallest absolute Gasteiger partial charge is 0.259 e. The van der Waals surface area contributed by atoms with Gasteiger partial charge in [-0.2, -0.15) is 0 Å². The van der Waals surface area contributed by atoms with Gasteiger partial charge in [0.1, 0.15) is 18.5 Å². The van der Waals surface area contributed by atoms with Crippen LogP contribution in [0.1, 0.15) is 45.0 Å². The van der Waals surface area contributed by atoms with Crippen LogP contribution in [0.25, 0.3) is 0 Å². The molecular weight excluding hydrogens is 354 g/mol. The number of imide groups is 2. The second-order valence-electron chi connectivity index (χ2n) is 6.69. The van der Waals surface area contributed by atoms with E-state index in [4.69, 9.17) is 9.47 Å². The van der Waals surface area contributed by atoms with Crippen LogP contribution in [0.5, 0.6) is 5.75 Å². The highest BCUT2D eigenvalue weighted by atomic mass is 16.5. The fourth-order valence-electron chi connectivity index (χ4n) is 3.62. The van der Waals surface area contributed by atoms with Crippen LogP contribution < -0.4 is 20.7 Å². The Balaban J connectivity index is 1.69. The number of hydrogen-bond acceptors (Lipinski definition) is 7. The summed E-state index contributed by atoms with van der Waals surface area (Å²) in [6, 6.07) is 3.10. The largest absolute Gasteiger partial charge is 0.490 e. The zero-order valence-electron chi connectivity index (χ0n) is 14.5. The molecule has 3 aliphatic rings. The zero-order chi connectivity index (χ0) is 19.0. The Morgan fingerprint density at radius 3 is 2.70 bits per heavy atom. The summed E-state index contributed by atoms with van der Waals surface area (Å²) < 4.78 is 11.5. The Kier molecular flexibility index (Phi) is 4.63. The SMILES string of the molecule is O=C1CCC(c2c(OCC3CNCCO3)ccc3c2C(=O)NC3=O)C(=O)N1. The maximum atomic E-state index is 12.4. The Hall–Kier alpha value is -2.78. The van der Waals surface area contributed by atoms with Crippen LogP contribution in [0.3, 0.4) is 0 Å². The minimum absolute atomic E-state index is 0.148. The van der Waals surface area contributed by atoms with Crippen molar-refractivity contribution in [2.24, 2.45) is 0 Å². The van der Waals surface area contributed by atoms with Crippen molar-refractivity contribution in [3.05, 3.63) is 28.8 Å². The summed E-state index contributed by atoms with van der Waals surface area (Å²) in [7, 11) is 0. The third-order valence-corrected chi connectivity index (χ3v) is 4.92. The van der Waals surface area contributed by atoms with Gasteiger partial charge in [0.05, 0.1) is 23.7 Å². The fraction of sp³-hybridized carbons (Fsp3) is 0.444. The van der Waals surface area contributed by atoms with Crippen LogP contribution in [0, 0.1) is 0 Å². The van der Waals surface area contributed by atoms with E-state index in [0.29, 0.717) is 24.5 Å². The minimum atomic E-state index is -0.741. The van der Waals surface area contributed by atoms with Crippen LogP contribution in [0.15, 0.2) is 12.1 Å². The molecule has 0 spiro atoms. The quantitative estimate of drug-likeness (QED) is 0.606. The van der Waals surface area contributed by atoms with Crippen LogP contribution in [0.4, 0.5) is 0 Å². The molecule has 1 aromatic carbocycles. The van der Waals surface area contributed by atoms with Gasteiger partial charge in [0, 0.05) is 25.1 Å². The van der Waals surface area contributed by atoms with Gasteiger partial charge in [-0.05, 0) is 18.6 Å². The van der Waals surface area contributed by atoms with Crippen molar-refractivity contribution in [1.29, 1.82) is 0 Å².